The second-order valence-electron chi connectivity index (χ2n) is 15.1. The number of ether oxygens (including phenoxy) is 2. The summed E-state index contributed by atoms with van der Waals surface area (Å²) in [6.45, 7) is 13.2. The van der Waals surface area contributed by atoms with E-state index in [9.17, 15) is 9.18 Å². The molecule has 0 saturated carbocycles. The quantitative estimate of drug-likeness (QED) is 0.182. The molecule has 1 atom stereocenters. The fourth-order valence-electron chi connectivity index (χ4n) is 8.59. The van der Waals surface area contributed by atoms with Crippen LogP contribution in [0.25, 0.3) is 32.9 Å². The molecule has 0 aliphatic carbocycles. The topological polar surface area (TPSA) is 87.2 Å². The second kappa shape index (κ2) is 15.0. The molecule has 2 aromatic carbocycles. The third kappa shape index (κ3) is 6.95. The average molecular weight is 746 g/mol. The first kappa shape index (κ1) is 36.0. The molecule has 0 bridgehead atoms. The van der Waals surface area contributed by atoms with Gasteiger partial charge in [0.1, 0.15) is 29.5 Å². The van der Waals surface area contributed by atoms with Gasteiger partial charge in [0.25, 0.3) is 0 Å². The van der Waals surface area contributed by atoms with Crippen LogP contribution in [0, 0.1) is 17.6 Å². The molecule has 0 spiro atoms. The summed E-state index contributed by atoms with van der Waals surface area (Å²) in [7, 11) is 1.88. The van der Waals surface area contributed by atoms with Crippen molar-refractivity contribution in [1.29, 1.82) is 0 Å². The van der Waals surface area contributed by atoms with E-state index in [1.165, 1.54) is 38.2 Å². The lowest BCUT2D eigenvalue weighted by Gasteiger charge is -2.37. The molecule has 5 fully saturated rings. The highest BCUT2D eigenvalue weighted by molar-refractivity contribution is 6.36. The van der Waals surface area contributed by atoms with Crippen LogP contribution in [0.4, 0.5) is 14.6 Å². The molecule has 53 heavy (non-hydrogen) atoms. The lowest BCUT2D eigenvalue weighted by atomic mass is 9.95. The molecule has 4 aromatic rings. The lowest BCUT2D eigenvalue weighted by Crippen LogP contribution is -2.45. The minimum absolute atomic E-state index is 0.00817. The molecule has 5 saturated heterocycles. The summed E-state index contributed by atoms with van der Waals surface area (Å²) in [5.74, 6) is -0.0616. The van der Waals surface area contributed by atoms with Crippen LogP contribution in [0.2, 0.25) is 5.02 Å². The number of carbonyl (C=O) groups is 1. The number of hydrogen-bond donors (Lipinski definition) is 0. The maximum atomic E-state index is 16.6. The SMILES string of the molecule is C1CN(CC2COC2)C1.C=CC(=O)N1CCC(N(C)c2nc(OCC34CCCN3CCC4)nc3c(F)c(-c4cccc5ccc(F)c(Cl)c45)ncc23)C1. The number of likely N-dealkylation sites (N-methyl/N-ethyl adjacent to an activating group) is 1. The van der Waals surface area contributed by atoms with Crippen LogP contribution in [0.3, 0.4) is 0 Å². The van der Waals surface area contributed by atoms with Crippen LogP contribution in [-0.2, 0) is 9.53 Å². The molecule has 280 valence electrons. The average Bonchev–Trinajstić information content (AvgIpc) is 3.88. The Morgan fingerprint density at radius 3 is 2.58 bits per heavy atom. The number of nitrogens with zero attached hydrogens (tertiary/aromatic N) is 7. The Morgan fingerprint density at radius 2 is 1.89 bits per heavy atom. The summed E-state index contributed by atoms with van der Waals surface area (Å²) in [6, 6.07) is 8.15. The van der Waals surface area contributed by atoms with Gasteiger partial charge in [-0.1, -0.05) is 42.4 Å². The van der Waals surface area contributed by atoms with E-state index in [1.54, 1.807) is 35.4 Å². The Bertz CT molecular complexity index is 2000. The zero-order valence-corrected chi connectivity index (χ0v) is 31.0. The monoisotopic (exact) mass is 745 g/mol. The number of benzene rings is 2. The summed E-state index contributed by atoms with van der Waals surface area (Å²) in [6.07, 6.45) is 9.32. The number of amides is 1. The van der Waals surface area contributed by atoms with Crippen molar-refractivity contribution in [1.82, 2.24) is 29.7 Å². The number of likely N-dealkylation sites (tertiary alicyclic amines) is 2. The molecular weight excluding hydrogens is 700 g/mol. The highest BCUT2D eigenvalue weighted by Crippen LogP contribution is 2.41. The van der Waals surface area contributed by atoms with Crippen LogP contribution in [-0.4, -0.2) is 120 Å². The van der Waals surface area contributed by atoms with E-state index in [0.29, 0.717) is 53.7 Å². The van der Waals surface area contributed by atoms with Gasteiger partial charge in [0.05, 0.1) is 29.2 Å². The lowest BCUT2D eigenvalue weighted by molar-refractivity contribution is -0.125. The van der Waals surface area contributed by atoms with E-state index < -0.39 is 11.6 Å². The summed E-state index contributed by atoms with van der Waals surface area (Å²) in [5, 5.41) is 1.36. The molecule has 7 heterocycles. The van der Waals surface area contributed by atoms with E-state index >= 15 is 4.39 Å². The Kier molecular flexibility index (Phi) is 10.2. The molecule has 10 nitrogen and oxygen atoms in total. The zero-order chi connectivity index (χ0) is 36.7. The molecule has 0 radical (unpaired) electrons. The zero-order valence-electron chi connectivity index (χ0n) is 30.2. The minimum Gasteiger partial charge on any atom is -0.461 e. The van der Waals surface area contributed by atoms with Crippen LogP contribution in [0.15, 0.2) is 49.2 Å². The number of anilines is 1. The molecule has 1 amide bonds. The molecule has 1 unspecified atom stereocenters. The molecule has 5 aliphatic rings. The normalized spacial score (nSPS) is 21.2. The van der Waals surface area contributed by atoms with Crippen molar-refractivity contribution in [3.05, 3.63) is 65.8 Å². The number of rotatable bonds is 9. The third-order valence-corrected chi connectivity index (χ3v) is 12.2. The molecule has 13 heteroatoms. The fraction of sp³-hybridized carbons (Fsp3) is 0.500. The Labute approximate surface area is 313 Å². The third-order valence-electron chi connectivity index (χ3n) is 11.8. The van der Waals surface area contributed by atoms with Crippen LogP contribution in [0.5, 0.6) is 6.01 Å². The summed E-state index contributed by atoms with van der Waals surface area (Å²) >= 11 is 6.39. The molecule has 2 aromatic heterocycles. The maximum absolute atomic E-state index is 16.6. The van der Waals surface area contributed by atoms with Gasteiger partial charge in [0, 0.05) is 55.8 Å². The Balaban J connectivity index is 0.000000386. The van der Waals surface area contributed by atoms with Crippen molar-refractivity contribution >= 4 is 45.0 Å². The van der Waals surface area contributed by atoms with Crippen LogP contribution in [0.1, 0.15) is 38.5 Å². The van der Waals surface area contributed by atoms with Gasteiger partial charge >= 0.3 is 6.01 Å². The number of fused-ring (bicyclic) bond motifs is 3. The van der Waals surface area contributed by atoms with Gasteiger partial charge in [0.15, 0.2) is 5.82 Å². The van der Waals surface area contributed by atoms with Crippen molar-refractivity contribution in [2.75, 3.05) is 77.6 Å². The molecule has 5 aliphatic heterocycles. The standard InChI is InChI=1S/C33H33ClF2N6O2.C7H13NO/c1-3-25(43)41-16-11-21(18-41)40(2)31-23-17-37-29(22-8-4-7-20-9-10-24(35)27(34)26(20)22)28(36)30(23)38-32(39-31)44-19-33-12-5-14-42(33)15-6-13-33;1-2-8(3-1)4-7-5-9-6-7/h3-4,7-10,17,21H,1,5-6,11-16,18-19H2,2H3;7H,1-6H2. The van der Waals surface area contributed by atoms with Gasteiger partial charge in [-0.2, -0.15) is 9.97 Å². The first-order valence-electron chi connectivity index (χ1n) is 18.8. The van der Waals surface area contributed by atoms with Gasteiger partial charge in [-0.3, -0.25) is 14.7 Å². The predicted octanol–water partition coefficient (Wildman–Crippen LogP) is 6.35. The van der Waals surface area contributed by atoms with Crippen LogP contribution < -0.4 is 9.64 Å². The van der Waals surface area contributed by atoms with Gasteiger partial charge in [-0.15, -0.1) is 0 Å². The first-order chi connectivity index (χ1) is 25.7. The number of hydrogen-bond acceptors (Lipinski definition) is 9. The minimum atomic E-state index is -0.673. The Hall–Kier alpha value is -3.97. The number of aromatic nitrogens is 3. The molecule has 9 rings (SSSR count). The molecule has 0 N–H and O–H groups in total. The fourth-order valence-corrected chi connectivity index (χ4v) is 8.86. The largest absolute Gasteiger partial charge is 0.461 e. The first-order valence-corrected chi connectivity index (χ1v) is 19.2. The van der Waals surface area contributed by atoms with Gasteiger partial charge in [-0.05, 0) is 82.2 Å². The van der Waals surface area contributed by atoms with Crippen LogP contribution >= 0.6 is 11.6 Å². The van der Waals surface area contributed by atoms with Crippen molar-refractivity contribution in [2.24, 2.45) is 5.92 Å². The number of pyridine rings is 1. The highest BCUT2D eigenvalue weighted by Gasteiger charge is 2.45. The van der Waals surface area contributed by atoms with E-state index in [4.69, 9.17) is 26.1 Å². The number of halogens is 3. The van der Waals surface area contributed by atoms with Gasteiger partial charge in [-0.25, -0.2) is 8.78 Å². The van der Waals surface area contributed by atoms with Gasteiger partial charge < -0.3 is 24.2 Å². The highest BCUT2D eigenvalue weighted by atomic mass is 35.5. The van der Waals surface area contributed by atoms with Crippen molar-refractivity contribution in [3.63, 3.8) is 0 Å². The summed E-state index contributed by atoms with van der Waals surface area (Å²) < 4.78 is 42.6. The summed E-state index contributed by atoms with van der Waals surface area (Å²) in [5.41, 5.74) is 0.375. The van der Waals surface area contributed by atoms with E-state index in [1.807, 2.05) is 11.9 Å². The maximum Gasteiger partial charge on any atom is 0.319 e. The van der Waals surface area contributed by atoms with E-state index in [2.05, 4.69) is 26.3 Å². The predicted molar refractivity (Wildman–Crippen MR) is 202 cm³/mol. The number of carbonyl (C=O) groups excluding carboxylic acids is 1. The Morgan fingerprint density at radius 1 is 1.09 bits per heavy atom. The summed E-state index contributed by atoms with van der Waals surface area (Å²) in [4.78, 5) is 34.9. The van der Waals surface area contributed by atoms with Crippen molar-refractivity contribution in [3.8, 4) is 17.3 Å². The van der Waals surface area contributed by atoms with E-state index in [-0.39, 0.29) is 39.7 Å². The van der Waals surface area contributed by atoms with E-state index in [0.717, 1.165) is 57.9 Å². The van der Waals surface area contributed by atoms with Crippen molar-refractivity contribution < 1.29 is 23.0 Å². The van der Waals surface area contributed by atoms with Gasteiger partial charge in [0.2, 0.25) is 5.91 Å². The smallest absolute Gasteiger partial charge is 0.319 e. The molecular formula is C40H46ClF2N7O3. The van der Waals surface area contributed by atoms with Crippen molar-refractivity contribution in [2.45, 2.75) is 50.1 Å². The second-order valence-corrected chi connectivity index (χ2v) is 15.5.